The first-order valence-electron chi connectivity index (χ1n) is 13.5. The van der Waals surface area contributed by atoms with Crippen LogP contribution in [-0.2, 0) is 17.4 Å². The van der Waals surface area contributed by atoms with E-state index in [-0.39, 0.29) is 72.0 Å². The van der Waals surface area contributed by atoms with Crippen LogP contribution in [0.15, 0.2) is 60.9 Å². The maximum atomic E-state index is 14.1. The second-order valence-corrected chi connectivity index (χ2v) is 12.4. The zero-order valence-corrected chi connectivity index (χ0v) is 23.4. The fraction of sp³-hybridized carbons (Fsp3) is 0.290. The molecule has 0 radical (unpaired) electrons. The molecule has 43 heavy (non-hydrogen) atoms. The van der Waals surface area contributed by atoms with Crippen LogP contribution in [0.5, 0.6) is 0 Å². The van der Waals surface area contributed by atoms with Crippen LogP contribution in [0, 0.1) is 5.41 Å². The Balaban J connectivity index is 1.16. The number of pyridine rings is 2. The molecule has 3 aromatic heterocycles. The van der Waals surface area contributed by atoms with E-state index in [4.69, 9.17) is 5.73 Å². The third-order valence-corrected chi connectivity index (χ3v) is 9.02. The number of nitrogens with two attached hydrogens (primary N) is 1. The van der Waals surface area contributed by atoms with Gasteiger partial charge in [0.2, 0.25) is 5.92 Å². The summed E-state index contributed by atoms with van der Waals surface area (Å²) in [5.74, 6) is -2.82. The summed E-state index contributed by atoms with van der Waals surface area (Å²) in [6.07, 6.45) is 1.19. The Morgan fingerprint density at radius 2 is 1.79 bits per heavy atom. The molecule has 2 aliphatic rings. The Kier molecular flexibility index (Phi) is 7.07. The van der Waals surface area contributed by atoms with Crippen molar-refractivity contribution in [3.63, 3.8) is 0 Å². The Labute approximate surface area is 247 Å². The molecule has 0 atom stereocenters. The van der Waals surface area contributed by atoms with Crippen molar-refractivity contribution in [1.82, 2.24) is 14.9 Å². The molecule has 1 amide bonds. The summed E-state index contributed by atoms with van der Waals surface area (Å²) in [6.45, 7) is 0.522. The predicted octanol–water partition coefficient (Wildman–Crippen LogP) is 7.05. The van der Waals surface area contributed by atoms with E-state index in [9.17, 15) is 31.5 Å². The number of allylic oxidation sites excluding steroid dienone is 1. The highest BCUT2D eigenvalue weighted by atomic mass is 32.1. The lowest BCUT2D eigenvalue weighted by atomic mass is 9.61. The Morgan fingerprint density at radius 1 is 1.02 bits per heavy atom. The number of aromatic nitrogens is 2. The summed E-state index contributed by atoms with van der Waals surface area (Å²) in [7, 11) is 0. The lowest BCUT2D eigenvalue weighted by Gasteiger charge is -2.58. The van der Waals surface area contributed by atoms with Crippen molar-refractivity contribution in [3.8, 4) is 11.3 Å². The van der Waals surface area contributed by atoms with E-state index in [0.717, 1.165) is 17.4 Å². The van der Waals surface area contributed by atoms with Crippen molar-refractivity contribution >= 4 is 45.0 Å². The number of fused-ring (bicyclic) bond motifs is 1. The lowest BCUT2D eigenvalue weighted by Crippen LogP contribution is -2.66. The highest BCUT2D eigenvalue weighted by molar-refractivity contribution is 7.19. The molecular formula is C31H25F5N4O2S. The molecule has 0 unspecified atom stereocenters. The van der Waals surface area contributed by atoms with Crippen molar-refractivity contribution in [2.75, 3.05) is 18.8 Å². The molecule has 1 aromatic carbocycles. The summed E-state index contributed by atoms with van der Waals surface area (Å²) in [6, 6.07) is 10.6. The van der Waals surface area contributed by atoms with Gasteiger partial charge in [0.25, 0.3) is 5.91 Å². The molecule has 1 saturated carbocycles. The van der Waals surface area contributed by atoms with Gasteiger partial charge in [0.15, 0.2) is 5.78 Å². The first-order valence-corrected chi connectivity index (χ1v) is 14.3. The molecule has 1 aliphatic heterocycles. The minimum atomic E-state index is -4.62. The Bertz CT molecular complexity index is 1730. The summed E-state index contributed by atoms with van der Waals surface area (Å²) >= 11 is 1.000. The average Bonchev–Trinajstić information content (AvgIpc) is 3.34. The number of anilines is 1. The number of ketones is 1. The van der Waals surface area contributed by atoms with Crippen molar-refractivity contribution in [1.29, 1.82) is 0 Å². The van der Waals surface area contributed by atoms with Gasteiger partial charge in [0.05, 0.1) is 16.8 Å². The second-order valence-electron chi connectivity index (χ2n) is 11.3. The summed E-state index contributed by atoms with van der Waals surface area (Å²) < 4.78 is 68.9. The number of thiophene rings is 1. The van der Waals surface area contributed by atoms with Gasteiger partial charge < -0.3 is 10.6 Å². The van der Waals surface area contributed by atoms with Crippen molar-refractivity contribution < 1.29 is 31.5 Å². The summed E-state index contributed by atoms with van der Waals surface area (Å²) in [4.78, 5) is 35.5. The number of carbonyl (C=O) groups excluding carboxylic acids is 2. The van der Waals surface area contributed by atoms with E-state index in [1.807, 2.05) is 0 Å². The van der Waals surface area contributed by atoms with Crippen LogP contribution in [0.1, 0.15) is 45.6 Å². The smallest absolute Gasteiger partial charge is 0.384 e. The molecule has 6 nitrogen and oxygen atoms in total. The highest BCUT2D eigenvalue weighted by Crippen LogP contribution is 2.56. The van der Waals surface area contributed by atoms with Crippen LogP contribution in [0.4, 0.5) is 27.8 Å². The molecule has 6 rings (SSSR count). The lowest BCUT2D eigenvalue weighted by molar-refractivity contribution is -0.203. The van der Waals surface area contributed by atoms with E-state index in [2.05, 4.69) is 9.97 Å². The van der Waals surface area contributed by atoms with Gasteiger partial charge in [-0.15, -0.1) is 11.3 Å². The van der Waals surface area contributed by atoms with Crippen LogP contribution in [-0.4, -0.2) is 45.6 Å². The van der Waals surface area contributed by atoms with E-state index < -0.39 is 23.1 Å². The van der Waals surface area contributed by atoms with Crippen LogP contribution in [0.3, 0.4) is 0 Å². The second kappa shape index (κ2) is 10.5. The molecule has 1 spiro atoms. The fourth-order valence-electron chi connectivity index (χ4n) is 5.77. The van der Waals surface area contributed by atoms with Crippen LogP contribution in [0.25, 0.3) is 27.4 Å². The number of aryl methyl sites for hydroxylation is 1. The summed E-state index contributed by atoms with van der Waals surface area (Å²) in [5.41, 5.74) is 5.68. The standard InChI is InChI=1S/C31H25F5N4O2S/c32-30(33)14-29(15-30)16-40(17-29)28(42)19-3-7-25(38-13-19)20-9-21-10-23(43-27(21)24(11-20)31(34,35)36)6-5-22(41)4-1-18-2-8-26(37)39-12-18/h1-4,7-13H,5-6,14-17H2,(H2,37,39)/b4-1+. The minimum Gasteiger partial charge on any atom is -0.384 e. The average molecular weight is 613 g/mol. The van der Waals surface area contributed by atoms with E-state index in [1.165, 1.54) is 35.5 Å². The maximum Gasteiger partial charge on any atom is 0.417 e. The Morgan fingerprint density at radius 3 is 2.42 bits per heavy atom. The molecule has 12 heteroatoms. The minimum absolute atomic E-state index is 0.0715. The molecule has 2 N–H and O–H groups in total. The topological polar surface area (TPSA) is 89.2 Å². The van der Waals surface area contributed by atoms with Crippen molar-refractivity contribution in [2.45, 2.75) is 37.8 Å². The van der Waals surface area contributed by atoms with Gasteiger partial charge >= 0.3 is 6.18 Å². The van der Waals surface area contributed by atoms with Gasteiger partial charge in [0.1, 0.15) is 5.82 Å². The van der Waals surface area contributed by atoms with E-state index >= 15 is 0 Å². The van der Waals surface area contributed by atoms with E-state index in [1.54, 1.807) is 30.3 Å². The molecule has 0 bridgehead atoms. The number of benzene rings is 1. The van der Waals surface area contributed by atoms with Gasteiger partial charge in [-0.1, -0.05) is 0 Å². The number of halogens is 5. The molecule has 4 heterocycles. The van der Waals surface area contributed by atoms with Crippen LogP contribution >= 0.6 is 11.3 Å². The first kappa shape index (κ1) is 28.9. The molecule has 2 fully saturated rings. The molecular weight excluding hydrogens is 587 g/mol. The number of amides is 1. The summed E-state index contributed by atoms with van der Waals surface area (Å²) in [5, 5.41) is 0.380. The molecule has 222 valence electrons. The highest BCUT2D eigenvalue weighted by Gasteiger charge is 2.62. The van der Waals surface area contributed by atoms with Crippen LogP contribution in [0.2, 0.25) is 0 Å². The monoisotopic (exact) mass is 612 g/mol. The largest absolute Gasteiger partial charge is 0.417 e. The Hall–Kier alpha value is -4.19. The number of nitrogens with zero attached hydrogens (tertiary/aromatic N) is 3. The molecule has 1 saturated heterocycles. The van der Waals surface area contributed by atoms with Crippen molar-refractivity contribution in [2.24, 2.45) is 5.41 Å². The van der Waals surface area contributed by atoms with Gasteiger partial charge in [-0.25, -0.2) is 13.8 Å². The normalized spacial score (nSPS) is 17.3. The molecule has 1 aliphatic carbocycles. The van der Waals surface area contributed by atoms with Gasteiger partial charge in [-0.05, 0) is 72.0 Å². The number of likely N-dealkylation sites (tertiary alicyclic amines) is 1. The van der Waals surface area contributed by atoms with E-state index in [0.29, 0.717) is 21.6 Å². The van der Waals surface area contributed by atoms with Gasteiger partial charge in [0, 0.05) is 65.3 Å². The number of hydrogen-bond acceptors (Lipinski definition) is 6. The predicted molar refractivity (Wildman–Crippen MR) is 154 cm³/mol. The zero-order valence-electron chi connectivity index (χ0n) is 22.6. The third-order valence-electron chi connectivity index (χ3n) is 7.77. The number of rotatable bonds is 7. The molecule has 4 aromatic rings. The van der Waals surface area contributed by atoms with Crippen LogP contribution < -0.4 is 5.73 Å². The zero-order chi connectivity index (χ0) is 30.6. The number of carbonyl (C=O) groups is 2. The first-order chi connectivity index (χ1) is 20.3. The SMILES string of the molecule is Nc1ccc(/C=C/C(=O)CCc2cc3cc(-c4ccc(C(=O)N5CC6(C5)CC(F)(F)C6)cn4)cc(C(F)(F)F)c3s2)cn1. The number of alkyl halides is 5. The van der Waals surface area contributed by atoms with Gasteiger partial charge in [-0.3, -0.25) is 14.6 Å². The van der Waals surface area contributed by atoms with Crippen molar-refractivity contribution in [3.05, 3.63) is 82.5 Å². The number of nitrogen functional groups attached to an aromatic ring is 1. The fourth-order valence-corrected chi connectivity index (χ4v) is 6.94. The maximum absolute atomic E-state index is 14.1. The third kappa shape index (κ3) is 6.01. The quantitative estimate of drug-likeness (QED) is 0.179. The van der Waals surface area contributed by atoms with Gasteiger partial charge in [-0.2, -0.15) is 13.2 Å². The number of hydrogen-bond donors (Lipinski definition) is 1.